The van der Waals surface area contributed by atoms with E-state index < -0.39 is 0 Å². The van der Waals surface area contributed by atoms with Gasteiger partial charge in [-0.25, -0.2) is 0 Å². The van der Waals surface area contributed by atoms with Crippen molar-refractivity contribution < 1.29 is 0 Å². The second-order valence-corrected chi connectivity index (χ2v) is 5.77. The Morgan fingerprint density at radius 2 is 2.17 bits per heavy atom. The van der Waals surface area contributed by atoms with Crippen LogP contribution in [0.15, 0.2) is 11.0 Å². The minimum Gasteiger partial charge on any atom is -0.144 e. The van der Waals surface area contributed by atoms with Gasteiger partial charge < -0.3 is 0 Å². The highest BCUT2D eigenvalue weighted by atomic mass is 32.2. The number of thiophene rings is 1. The molecule has 0 spiro atoms. The molecule has 12 heavy (non-hydrogen) atoms. The molecule has 68 valence electrons. The minimum atomic E-state index is 0.678. The molecule has 0 unspecified atom stereocenters. The van der Waals surface area contributed by atoms with Gasteiger partial charge in [0.05, 0.1) is 0 Å². The van der Waals surface area contributed by atoms with Crippen molar-refractivity contribution in [3.8, 4) is 0 Å². The van der Waals surface area contributed by atoms with Crippen LogP contribution >= 0.6 is 23.1 Å². The molecule has 0 saturated carbocycles. The molecule has 0 aliphatic carbocycles. The van der Waals surface area contributed by atoms with Crippen LogP contribution in [0.4, 0.5) is 0 Å². The van der Waals surface area contributed by atoms with E-state index >= 15 is 0 Å². The molecule has 0 bridgehead atoms. The van der Waals surface area contributed by atoms with Crippen molar-refractivity contribution in [2.75, 3.05) is 5.75 Å². The highest BCUT2D eigenvalue weighted by Crippen LogP contribution is 2.35. The Morgan fingerprint density at radius 3 is 2.67 bits per heavy atom. The van der Waals surface area contributed by atoms with E-state index in [0.717, 1.165) is 0 Å². The third-order valence-electron chi connectivity index (χ3n) is 1.67. The lowest BCUT2D eigenvalue weighted by molar-refractivity contribution is 0.869. The first-order chi connectivity index (χ1) is 5.65. The average Bonchev–Trinajstić information content (AvgIpc) is 2.32. The van der Waals surface area contributed by atoms with Crippen LogP contribution in [0, 0.1) is 6.92 Å². The predicted molar refractivity (Wildman–Crippen MR) is 59.5 cm³/mol. The van der Waals surface area contributed by atoms with Crippen LogP contribution in [0.25, 0.3) is 0 Å². The lowest BCUT2D eigenvalue weighted by Crippen LogP contribution is -1.83. The summed E-state index contributed by atoms with van der Waals surface area (Å²) in [7, 11) is 0. The van der Waals surface area contributed by atoms with E-state index in [1.807, 2.05) is 23.1 Å². The van der Waals surface area contributed by atoms with Crippen molar-refractivity contribution in [1.82, 2.24) is 0 Å². The third-order valence-corrected chi connectivity index (χ3v) is 4.09. The standard InChI is InChI=1S/C10H16S2/c1-5-11-9-6-8(4)12-10(9)7(2)3/h6-7H,5H2,1-4H3. The van der Waals surface area contributed by atoms with Crippen LogP contribution in [0.2, 0.25) is 0 Å². The number of aryl methyl sites for hydroxylation is 1. The molecule has 1 aromatic rings. The summed E-state index contributed by atoms with van der Waals surface area (Å²) in [5.74, 6) is 1.85. The molecule has 0 amide bonds. The summed E-state index contributed by atoms with van der Waals surface area (Å²) in [5.41, 5.74) is 0. The predicted octanol–water partition coefficient (Wildman–Crippen LogP) is 4.29. The van der Waals surface area contributed by atoms with Gasteiger partial charge in [0.15, 0.2) is 0 Å². The van der Waals surface area contributed by atoms with Crippen LogP contribution in [-0.2, 0) is 0 Å². The molecule has 0 radical (unpaired) electrons. The Labute approximate surface area is 83.4 Å². The van der Waals surface area contributed by atoms with Crippen LogP contribution in [0.1, 0.15) is 36.4 Å². The van der Waals surface area contributed by atoms with Gasteiger partial charge in [-0.3, -0.25) is 0 Å². The van der Waals surface area contributed by atoms with Crippen molar-refractivity contribution in [3.05, 3.63) is 15.8 Å². The second kappa shape index (κ2) is 4.33. The van der Waals surface area contributed by atoms with E-state index in [2.05, 4.69) is 33.8 Å². The molecule has 0 saturated heterocycles. The highest BCUT2D eigenvalue weighted by Gasteiger charge is 2.09. The van der Waals surface area contributed by atoms with Gasteiger partial charge >= 0.3 is 0 Å². The topological polar surface area (TPSA) is 0 Å². The molecular formula is C10H16S2. The third kappa shape index (κ3) is 2.27. The van der Waals surface area contributed by atoms with Crippen LogP contribution in [0.5, 0.6) is 0 Å². The van der Waals surface area contributed by atoms with Gasteiger partial charge in [-0.05, 0) is 24.7 Å². The number of rotatable bonds is 3. The summed E-state index contributed by atoms with van der Waals surface area (Å²) in [4.78, 5) is 4.49. The molecule has 0 fully saturated rings. The molecule has 0 N–H and O–H groups in total. The fourth-order valence-electron chi connectivity index (χ4n) is 1.18. The van der Waals surface area contributed by atoms with Gasteiger partial charge in [-0.1, -0.05) is 20.8 Å². The van der Waals surface area contributed by atoms with Gasteiger partial charge in [-0.2, -0.15) is 0 Å². The largest absolute Gasteiger partial charge is 0.144 e. The lowest BCUT2D eigenvalue weighted by atomic mass is 10.2. The zero-order chi connectivity index (χ0) is 9.14. The molecule has 1 aromatic heterocycles. The van der Waals surface area contributed by atoms with Crippen LogP contribution in [0.3, 0.4) is 0 Å². The summed E-state index contributed by atoms with van der Waals surface area (Å²) in [6, 6.07) is 2.31. The van der Waals surface area contributed by atoms with Crippen molar-refractivity contribution in [3.63, 3.8) is 0 Å². The average molecular weight is 200 g/mol. The van der Waals surface area contributed by atoms with E-state index in [1.165, 1.54) is 15.5 Å². The zero-order valence-corrected chi connectivity index (χ0v) is 9.81. The highest BCUT2D eigenvalue weighted by molar-refractivity contribution is 7.99. The Kier molecular flexibility index (Phi) is 3.66. The van der Waals surface area contributed by atoms with Crippen LogP contribution in [-0.4, -0.2) is 5.75 Å². The van der Waals surface area contributed by atoms with Gasteiger partial charge in [-0.15, -0.1) is 23.1 Å². The van der Waals surface area contributed by atoms with E-state index in [9.17, 15) is 0 Å². The minimum absolute atomic E-state index is 0.678. The zero-order valence-electron chi connectivity index (χ0n) is 8.18. The van der Waals surface area contributed by atoms with E-state index in [1.54, 1.807) is 4.88 Å². The summed E-state index contributed by atoms with van der Waals surface area (Å²) < 4.78 is 0. The summed E-state index contributed by atoms with van der Waals surface area (Å²) in [5, 5.41) is 0. The summed E-state index contributed by atoms with van der Waals surface area (Å²) in [6.07, 6.45) is 0. The van der Waals surface area contributed by atoms with E-state index in [4.69, 9.17) is 0 Å². The molecule has 0 atom stereocenters. The van der Waals surface area contributed by atoms with Crippen molar-refractivity contribution >= 4 is 23.1 Å². The van der Waals surface area contributed by atoms with Crippen molar-refractivity contribution in [2.24, 2.45) is 0 Å². The van der Waals surface area contributed by atoms with Gasteiger partial charge in [0.25, 0.3) is 0 Å². The molecule has 1 rings (SSSR count). The smallest absolute Gasteiger partial charge is 0.0216 e. The first-order valence-electron chi connectivity index (χ1n) is 4.38. The summed E-state index contributed by atoms with van der Waals surface area (Å²) in [6.45, 7) is 8.94. The lowest BCUT2D eigenvalue weighted by Gasteiger charge is -2.04. The fraction of sp³-hybridized carbons (Fsp3) is 0.600. The number of hydrogen-bond acceptors (Lipinski definition) is 2. The molecule has 0 aliphatic heterocycles. The first kappa shape index (κ1) is 10.1. The maximum Gasteiger partial charge on any atom is 0.0216 e. The van der Waals surface area contributed by atoms with Gasteiger partial charge in [0, 0.05) is 14.6 Å². The SMILES string of the molecule is CCSc1cc(C)sc1C(C)C. The van der Waals surface area contributed by atoms with E-state index in [-0.39, 0.29) is 0 Å². The second-order valence-electron chi connectivity index (χ2n) is 3.17. The Morgan fingerprint density at radius 1 is 1.50 bits per heavy atom. The number of hydrogen-bond donors (Lipinski definition) is 0. The van der Waals surface area contributed by atoms with Crippen LogP contribution < -0.4 is 0 Å². The van der Waals surface area contributed by atoms with Crippen molar-refractivity contribution in [1.29, 1.82) is 0 Å². The quantitative estimate of drug-likeness (QED) is 0.656. The fourth-order valence-corrected chi connectivity index (χ4v) is 3.42. The van der Waals surface area contributed by atoms with E-state index in [0.29, 0.717) is 5.92 Å². The molecule has 0 aromatic carbocycles. The van der Waals surface area contributed by atoms with Gasteiger partial charge in [0.2, 0.25) is 0 Å². The first-order valence-corrected chi connectivity index (χ1v) is 6.18. The monoisotopic (exact) mass is 200 g/mol. The molecule has 0 aliphatic rings. The Hall–Kier alpha value is 0.0500. The molecule has 2 heteroatoms. The van der Waals surface area contributed by atoms with Crippen molar-refractivity contribution in [2.45, 2.75) is 38.5 Å². The number of thioether (sulfide) groups is 1. The maximum absolute atomic E-state index is 2.31. The molecule has 0 nitrogen and oxygen atoms in total. The Balaban J connectivity index is 2.92. The Bertz CT molecular complexity index is 248. The molecule has 1 heterocycles. The molecular weight excluding hydrogens is 184 g/mol. The summed E-state index contributed by atoms with van der Waals surface area (Å²) >= 11 is 3.90. The van der Waals surface area contributed by atoms with Gasteiger partial charge in [0.1, 0.15) is 0 Å². The normalized spacial score (nSPS) is 11.1. The maximum atomic E-state index is 2.31.